The van der Waals surface area contributed by atoms with Crippen molar-refractivity contribution < 1.29 is 45.5 Å². The van der Waals surface area contributed by atoms with E-state index in [-0.39, 0.29) is 33.8 Å². The normalized spacial score (nSPS) is 11.7. The van der Waals surface area contributed by atoms with E-state index in [2.05, 4.69) is 66.6 Å². The smallest absolute Gasteiger partial charge is 0.411 e. The molecule has 0 fully saturated rings. The number of carbonyl (C=O) groups is 4. The third kappa shape index (κ3) is 19.7. The number of pyridine rings is 2. The molecule has 4 aromatic heterocycles. The molecular formula is C51H65BrN10O10S4. The quantitative estimate of drug-likeness (QED) is 0.0627. The average Bonchev–Trinajstić information content (AvgIpc) is 3.92. The van der Waals surface area contributed by atoms with Crippen LogP contribution in [0.1, 0.15) is 99.8 Å². The molecule has 76 heavy (non-hydrogen) atoms. The van der Waals surface area contributed by atoms with E-state index < -0.39 is 43.3 Å². The van der Waals surface area contributed by atoms with Crippen molar-refractivity contribution in [2.45, 2.75) is 137 Å². The van der Waals surface area contributed by atoms with Crippen molar-refractivity contribution in [1.29, 1.82) is 0 Å². The molecule has 25 heteroatoms. The van der Waals surface area contributed by atoms with Gasteiger partial charge in [-0.25, -0.2) is 45.8 Å². The Kier molecular flexibility index (Phi) is 21.5. The van der Waals surface area contributed by atoms with Crippen molar-refractivity contribution >= 4 is 105 Å². The molecule has 6 N–H and O–H groups in total. The number of hydrogen-bond acceptors (Lipinski definition) is 16. The van der Waals surface area contributed by atoms with Gasteiger partial charge in [-0.3, -0.25) is 30.2 Å². The molecule has 410 valence electrons. The largest absolute Gasteiger partial charge is 0.447 e. The number of rotatable bonds is 13. The highest BCUT2D eigenvalue weighted by atomic mass is 79.9. The van der Waals surface area contributed by atoms with Crippen LogP contribution in [0.3, 0.4) is 0 Å². The number of aromatic nitrogens is 4. The molecule has 4 heterocycles. The topological polar surface area (TPSA) is 279 Å². The van der Waals surface area contributed by atoms with E-state index >= 15 is 0 Å². The first-order valence-corrected chi connectivity index (χ1v) is 28.8. The highest BCUT2D eigenvalue weighted by Gasteiger charge is 2.28. The van der Waals surface area contributed by atoms with Crippen LogP contribution in [-0.2, 0) is 39.1 Å². The van der Waals surface area contributed by atoms with Gasteiger partial charge in [0, 0.05) is 48.1 Å². The summed E-state index contributed by atoms with van der Waals surface area (Å²) in [4.78, 5) is 64.3. The predicted octanol–water partition coefficient (Wildman–Crippen LogP) is 11.4. The van der Waals surface area contributed by atoms with Gasteiger partial charge in [-0.05, 0) is 159 Å². The zero-order chi connectivity index (χ0) is 57.1. The number of aryl methyl sites for hydroxylation is 3. The number of nitrogens with one attached hydrogen (secondary N) is 6. The summed E-state index contributed by atoms with van der Waals surface area (Å²) in [6.07, 6.45) is 4.99. The van der Waals surface area contributed by atoms with Gasteiger partial charge in [-0.15, -0.1) is 22.7 Å². The monoisotopic (exact) mass is 1180 g/mol. The SMILES string of the molecule is CC(=O)Nc1ccc(-c2cnc(-c3ncc(NC(=O)OC(C)C)cc3C)s2)c(S(=O)(=O)NC(C)(C)C)c1.CC(=O)Nc1ccc(C)c(S(=O)(=O)NC(C)(C)C)c1.Cc1cc(NC(=O)OC(C)C)cnc1-c1ncc(Br)s1. The second-order valence-corrected chi connectivity index (χ2v) is 26.4. The predicted molar refractivity (Wildman–Crippen MR) is 304 cm³/mol. The fraction of sp³-hybridized carbons (Fsp3) is 0.373. The number of halogens is 1. The van der Waals surface area contributed by atoms with E-state index in [4.69, 9.17) is 9.47 Å². The van der Waals surface area contributed by atoms with Gasteiger partial charge < -0.3 is 20.1 Å². The molecule has 0 saturated carbocycles. The fourth-order valence-corrected chi connectivity index (χ4v) is 12.4. The van der Waals surface area contributed by atoms with Crippen LogP contribution < -0.4 is 30.7 Å². The van der Waals surface area contributed by atoms with Crippen molar-refractivity contribution in [3.05, 3.63) is 93.8 Å². The third-order valence-corrected chi connectivity index (χ3v) is 15.5. The zero-order valence-corrected chi connectivity index (χ0v) is 49.8. The van der Waals surface area contributed by atoms with Crippen LogP contribution in [0.25, 0.3) is 31.8 Å². The van der Waals surface area contributed by atoms with Crippen molar-refractivity contribution in [1.82, 2.24) is 29.4 Å². The highest BCUT2D eigenvalue weighted by Crippen LogP contribution is 2.38. The van der Waals surface area contributed by atoms with Gasteiger partial charge in [0.2, 0.25) is 31.9 Å². The van der Waals surface area contributed by atoms with Crippen molar-refractivity contribution in [2.75, 3.05) is 21.3 Å². The number of benzene rings is 2. The zero-order valence-electron chi connectivity index (χ0n) is 45.0. The third-order valence-electron chi connectivity index (χ3n) is 9.26. The molecule has 0 radical (unpaired) electrons. The summed E-state index contributed by atoms with van der Waals surface area (Å²) < 4.78 is 67.5. The first-order valence-electron chi connectivity index (χ1n) is 23.5. The van der Waals surface area contributed by atoms with Crippen LogP contribution in [0.2, 0.25) is 0 Å². The molecule has 6 aromatic rings. The minimum atomic E-state index is -3.93. The lowest BCUT2D eigenvalue weighted by atomic mass is 10.1. The van der Waals surface area contributed by atoms with Crippen LogP contribution in [0.15, 0.2) is 86.9 Å². The van der Waals surface area contributed by atoms with Gasteiger partial charge in [0.05, 0.1) is 60.6 Å². The molecule has 0 unspecified atom stereocenters. The second kappa shape index (κ2) is 26.2. The number of amides is 4. The summed E-state index contributed by atoms with van der Waals surface area (Å²) in [7, 11) is -7.54. The van der Waals surface area contributed by atoms with Crippen LogP contribution >= 0.6 is 38.6 Å². The van der Waals surface area contributed by atoms with Crippen molar-refractivity contribution in [2.24, 2.45) is 0 Å². The highest BCUT2D eigenvalue weighted by molar-refractivity contribution is 9.11. The summed E-state index contributed by atoms with van der Waals surface area (Å²) in [5.41, 5.74) is 4.85. The molecule has 0 aliphatic carbocycles. The van der Waals surface area contributed by atoms with Gasteiger partial charge >= 0.3 is 12.2 Å². The number of hydrogen-bond donors (Lipinski definition) is 6. The Morgan fingerprint density at radius 2 is 0.961 bits per heavy atom. The van der Waals surface area contributed by atoms with Gasteiger partial charge in [-0.1, -0.05) is 12.1 Å². The van der Waals surface area contributed by atoms with E-state index in [1.54, 1.807) is 125 Å². The Morgan fingerprint density at radius 1 is 0.539 bits per heavy atom. The lowest BCUT2D eigenvalue weighted by molar-refractivity contribution is -0.115. The average molecular weight is 1190 g/mol. The molecule has 4 amide bonds. The fourth-order valence-electron chi connectivity index (χ4n) is 6.64. The van der Waals surface area contributed by atoms with Gasteiger partial charge in [0.15, 0.2) is 0 Å². The molecule has 6 rings (SSSR count). The first kappa shape index (κ1) is 62.3. The van der Waals surface area contributed by atoms with Gasteiger partial charge in [-0.2, -0.15) is 0 Å². The molecule has 0 aliphatic rings. The molecule has 20 nitrogen and oxygen atoms in total. The minimum Gasteiger partial charge on any atom is -0.447 e. The first-order chi connectivity index (χ1) is 35.1. The van der Waals surface area contributed by atoms with Crippen LogP contribution in [0.5, 0.6) is 0 Å². The van der Waals surface area contributed by atoms with Gasteiger partial charge in [0.25, 0.3) is 0 Å². The number of carbonyl (C=O) groups excluding carboxylic acids is 4. The number of nitrogens with zero attached hydrogens (tertiary/aromatic N) is 4. The van der Waals surface area contributed by atoms with Crippen molar-refractivity contribution in [3.8, 4) is 31.8 Å². The molecule has 0 atom stereocenters. The number of ether oxygens (including phenoxy) is 2. The Labute approximate surface area is 461 Å². The van der Waals surface area contributed by atoms with Crippen LogP contribution in [-0.4, -0.2) is 84.1 Å². The van der Waals surface area contributed by atoms with Gasteiger partial charge in [0.1, 0.15) is 21.4 Å². The summed E-state index contributed by atoms with van der Waals surface area (Å²) >= 11 is 6.18. The van der Waals surface area contributed by atoms with Crippen LogP contribution in [0.4, 0.5) is 32.3 Å². The molecule has 0 aliphatic heterocycles. The van der Waals surface area contributed by atoms with E-state index in [1.165, 1.54) is 54.9 Å². The maximum Gasteiger partial charge on any atom is 0.411 e. The minimum absolute atomic E-state index is 0.0248. The van der Waals surface area contributed by atoms with Crippen LogP contribution in [0, 0.1) is 20.8 Å². The molecular weight excluding hydrogens is 1120 g/mol. The summed E-state index contributed by atoms with van der Waals surface area (Å²) in [6, 6.07) is 13.1. The van der Waals surface area contributed by atoms with E-state index in [1.807, 2.05) is 19.9 Å². The maximum absolute atomic E-state index is 13.3. The number of anilines is 4. The lowest BCUT2D eigenvalue weighted by Crippen LogP contribution is -2.40. The lowest BCUT2D eigenvalue weighted by Gasteiger charge is -2.22. The Hall–Kier alpha value is -6.22. The number of thiazole rings is 2. The number of sulfonamides is 2. The second-order valence-electron chi connectivity index (χ2n) is 19.7. The molecule has 0 spiro atoms. The Balaban J connectivity index is 0.000000270. The Bertz CT molecular complexity index is 3290. The van der Waals surface area contributed by atoms with E-state index in [0.717, 1.165) is 25.6 Å². The summed E-state index contributed by atoms with van der Waals surface area (Å²) in [5.74, 6) is -0.548. The van der Waals surface area contributed by atoms with Crippen molar-refractivity contribution in [3.63, 3.8) is 0 Å². The Morgan fingerprint density at radius 3 is 1.37 bits per heavy atom. The summed E-state index contributed by atoms with van der Waals surface area (Å²) in [6.45, 7) is 25.9. The molecule has 0 bridgehead atoms. The van der Waals surface area contributed by atoms with E-state index in [9.17, 15) is 36.0 Å². The molecule has 2 aromatic carbocycles. The molecule has 0 saturated heterocycles. The maximum atomic E-state index is 13.3. The standard InChI is InChI=1S/C25H31N5O5S2.C13H14BrN3O2S.C13H20N2O3S/c1-14(2)35-24(32)29-18-10-15(3)22(26-12-18)23-27-13-20(36-23)19-9-8-17(28-16(4)31)11-21(19)37(33,34)30-25(5,6)7;1-7(2)19-13(18)17-9-4-8(3)11(15-5-9)12-16-6-10(14)20-12;1-9-6-7-11(14-10(2)16)8-12(9)19(17,18)15-13(3,4)5/h8-14,30H,1-7H3,(H,28,31)(H,29,32);4-7H,1-3H3,(H,17,18);6-8,15H,1-5H3,(H,14,16). The van der Waals surface area contributed by atoms with E-state index in [0.29, 0.717) is 49.5 Å². The summed E-state index contributed by atoms with van der Waals surface area (Å²) in [5, 5.41) is 11.9.